The van der Waals surface area contributed by atoms with Crippen LogP contribution < -0.4 is 0 Å². The van der Waals surface area contributed by atoms with Crippen LogP contribution in [0.25, 0.3) is 0 Å². The summed E-state index contributed by atoms with van der Waals surface area (Å²) in [6.07, 6.45) is 5.06. The lowest BCUT2D eigenvalue weighted by atomic mass is 9.59. The second-order valence-electron chi connectivity index (χ2n) is 6.57. The Labute approximate surface area is 110 Å². The summed E-state index contributed by atoms with van der Waals surface area (Å²) in [5, 5.41) is 20.7. The Bertz CT molecular complexity index is 329. The van der Waals surface area contributed by atoms with Crippen LogP contribution >= 0.6 is 0 Å². The van der Waals surface area contributed by atoms with Gasteiger partial charge in [0, 0.05) is 12.8 Å². The van der Waals surface area contributed by atoms with Crippen molar-refractivity contribution in [1.82, 2.24) is 0 Å². The highest BCUT2D eigenvalue weighted by Crippen LogP contribution is 2.51. The highest BCUT2D eigenvalue weighted by atomic mass is 16.5. The third-order valence-electron chi connectivity index (χ3n) is 4.95. The Morgan fingerprint density at radius 3 is 2.06 bits per heavy atom. The van der Waals surface area contributed by atoms with Gasteiger partial charge in [0.05, 0.1) is 29.3 Å². The SMILES string of the molecule is CC1CCC(C#N)(C2(O)CC(C)OC(C)C2)CC1. The van der Waals surface area contributed by atoms with E-state index in [0.29, 0.717) is 18.8 Å². The van der Waals surface area contributed by atoms with Gasteiger partial charge in [0.1, 0.15) is 0 Å². The Hall–Kier alpha value is -0.590. The first kappa shape index (κ1) is 13.8. The predicted octanol–water partition coefficient (Wildman–Crippen LogP) is 3.02. The molecule has 0 radical (unpaired) electrons. The zero-order valence-electron chi connectivity index (χ0n) is 11.8. The molecular weight excluding hydrogens is 226 g/mol. The standard InChI is InChI=1S/C15H25NO2/c1-11-4-6-14(10-16,7-5-11)15(17)8-12(2)18-13(3)9-15/h11-13,17H,4-9H2,1-3H3. The van der Waals surface area contributed by atoms with E-state index in [2.05, 4.69) is 13.0 Å². The monoisotopic (exact) mass is 251 g/mol. The fourth-order valence-electron chi connectivity index (χ4n) is 3.85. The minimum Gasteiger partial charge on any atom is -0.388 e. The second-order valence-corrected chi connectivity index (χ2v) is 6.57. The zero-order chi connectivity index (χ0) is 13.4. The highest BCUT2D eigenvalue weighted by Gasteiger charge is 2.54. The molecule has 102 valence electrons. The first-order chi connectivity index (χ1) is 8.41. The maximum absolute atomic E-state index is 11.1. The number of hydrogen-bond acceptors (Lipinski definition) is 3. The maximum atomic E-state index is 11.1. The Kier molecular flexibility index (Phi) is 3.71. The molecule has 2 aliphatic rings. The lowest BCUT2D eigenvalue weighted by molar-refractivity contribution is -0.181. The van der Waals surface area contributed by atoms with E-state index < -0.39 is 11.0 Å². The number of nitrogens with zero attached hydrogens (tertiary/aromatic N) is 1. The van der Waals surface area contributed by atoms with E-state index in [-0.39, 0.29) is 12.2 Å². The van der Waals surface area contributed by atoms with Gasteiger partial charge in [0.2, 0.25) is 0 Å². The van der Waals surface area contributed by atoms with Crippen LogP contribution in [-0.2, 0) is 4.74 Å². The molecule has 2 rings (SSSR count). The van der Waals surface area contributed by atoms with Crippen LogP contribution in [-0.4, -0.2) is 22.9 Å². The minimum absolute atomic E-state index is 0.0447. The average Bonchev–Trinajstić information content (AvgIpc) is 2.28. The topological polar surface area (TPSA) is 53.2 Å². The summed E-state index contributed by atoms with van der Waals surface area (Å²) in [6, 6.07) is 2.48. The lowest BCUT2D eigenvalue weighted by Gasteiger charge is -2.50. The smallest absolute Gasteiger partial charge is 0.0882 e. The van der Waals surface area contributed by atoms with Gasteiger partial charge in [-0.15, -0.1) is 0 Å². The summed E-state index contributed by atoms with van der Waals surface area (Å²) in [4.78, 5) is 0. The van der Waals surface area contributed by atoms with Crippen molar-refractivity contribution in [3.05, 3.63) is 0 Å². The van der Waals surface area contributed by atoms with Crippen molar-refractivity contribution in [2.45, 2.75) is 77.1 Å². The van der Waals surface area contributed by atoms with Crippen molar-refractivity contribution in [3.8, 4) is 6.07 Å². The quantitative estimate of drug-likeness (QED) is 0.779. The number of rotatable bonds is 1. The average molecular weight is 251 g/mol. The van der Waals surface area contributed by atoms with Crippen molar-refractivity contribution in [1.29, 1.82) is 5.26 Å². The van der Waals surface area contributed by atoms with Crippen LogP contribution in [0.4, 0.5) is 0 Å². The van der Waals surface area contributed by atoms with E-state index in [1.165, 1.54) is 0 Å². The number of nitriles is 1. The van der Waals surface area contributed by atoms with E-state index in [9.17, 15) is 10.4 Å². The summed E-state index contributed by atoms with van der Waals surface area (Å²) >= 11 is 0. The summed E-state index contributed by atoms with van der Waals surface area (Å²) in [5.74, 6) is 0.685. The third-order valence-corrected chi connectivity index (χ3v) is 4.95. The van der Waals surface area contributed by atoms with Crippen LogP contribution in [0.15, 0.2) is 0 Å². The van der Waals surface area contributed by atoms with Crippen molar-refractivity contribution < 1.29 is 9.84 Å². The first-order valence-electron chi connectivity index (χ1n) is 7.20. The molecule has 0 amide bonds. The fourth-order valence-corrected chi connectivity index (χ4v) is 3.85. The summed E-state index contributed by atoms with van der Waals surface area (Å²) in [5.41, 5.74) is -1.41. The first-order valence-corrected chi connectivity index (χ1v) is 7.20. The van der Waals surface area contributed by atoms with Crippen LogP contribution in [0, 0.1) is 22.7 Å². The van der Waals surface area contributed by atoms with E-state index >= 15 is 0 Å². The summed E-state index contributed by atoms with van der Waals surface area (Å²) in [7, 11) is 0. The number of hydrogen-bond donors (Lipinski definition) is 1. The molecule has 0 aromatic carbocycles. The van der Waals surface area contributed by atoms with Gasteiger partial charge in [-0.2, -0.15) is 5.26 Å². The molecule has 0 bridgehead atoms. The lowest BCUT2D eigenvalue weighted by Crippen LogP contribution is -2.55. The molecule has 2 unspecified atom stereocenters. The summed E-state index contributed by atoms with van der Waals surface area (Å²) in [6.45, 7) is 6.23. The van der Waals surface area contributed by atoms with Crippen molar-refractivity contribution in [3.63, 3.8) is 0 Å². The molecule has 2 atom stereocenters. The largest absolute Gasteiger partial charge is 0.388 e. The molecule has 1 saturated carbocycles. The van der Waals surface area contributed by atoms with Crippen LogP contribution in [0.1, 0.15) is 59.3 Å². The molecule has 1 N–H and O–H groups in total. The molecule has 18 heavy (non-hydrogen) atoms. The fraction of sp³-hybridized carbons (Fsp3) is 0.933. The molecule has 1 aliphatic heterocycles. The molecule has 1 heterocycles. The Balaban J connectivity index is 2.23. The van der Waals surface area contributed by atoms with Crippen LogP contribution in [0.5, 0.6) is 0 Å². The predicted molar refractivity (Wildman–Crippen MR) is 69.9 cm³/mol. The van der Waals surface area contributed by atoms with Crippen molar-refractivity contribution in [2.24, 2.45) is 11.3 Å². The number of ether oxygens (including phenoxy) is 1. The molecule has 2 fully saturated rings. The van der Waals surface area contributed by atoms with Gasteiger partial charge >= 0.3 is 0 Å². The van der Waals surface area contributed by atoms with E-state index in [1.54, 1.807) is 0 Å². The van der Waals surface area contributed by atoms with Crippen molar-refractivity contribution >= 4 is 0 Å². The van der Waals surface area contributed by atoms with Gasteiger partial charge in [0.25, 0.3) is 0 Å². The van der Waals surface area contributed by atoms with Crippen molar-refractivity contribution in [2.75, 3.05) is 0 Å². The maximum Gasteiger partial charge on any atom is 0.0882 e. The molecule has 1 aliphatic carbocycles. The van der Waals surface area contributed by atoms with Crippen LogP contribution in [0.2, 0.25) is 0 Å². The molecular formula is C15H25NO2. The molecule has 0 spiro atoms. The van der Waals surface area contributed by atoms with Gasteiger partial charge in [-0.1, -0.05) is 6.92 Å². The highest BCUT2D eigenvalue weighted by molar-refractivity contribution is 5.14. The van der Waals surface area contributed by atoms with Gasteiger partial charge < -0.3 is 9.84 Å². The Morgan fingerprint density at radius 2 is 1.61 bits per heavy atom. The van der Waals surface area contributed by atoms with Gasteiger partial charge in [-0.3, -0.25) is 0 Å². The molecule has 3 nitrogen and oxygen atoms in total. The zero-order valence-corrected chi connectivity index (χ0v) is 11.8. The van der Waals surface area contributed by atoms with E-state index in [0.717, 1.165) is 25.7 Å². The van der Waals surface area contributed by atoms with Crippen LogP contribution in [0.3, 0.4) is 0 Å². The van der Waals surface area contributed by atoms with Gasteiger partial charge in [-0.25, -0.2) is 0 Å². The molecule has 3 heteroatoms. The normalized spacial score (nSPS) is 49.6. The third kappa shape index (κ3) is 2.29. The minimum atomic E-state index is -0.862. The molecule has 0 aromatic heterocycles. The van der Waals surface area contributed by atoms with E-state index in [1.807, 2.05) is 13.8 Å². The Morgan fingerprint density at radius 1 is 1.11 bits per heavy atom. The van der Waals surface area contributed by atoms with E-state index in [4.69, 9.17) is 4.74 Å². The van der Waals surface area contributed by atoms with Gasteiger partial charge in [0.15, 0.2) is 0 Å². The molecule has 0 aromatic rings. The van der Waals surface area contributed by atoms with Gasteiger partial charge in [-0.05, 0) is 45.4 Å². The number of aliphatic hydroxyl groups is 1. The summed E-state index contributed by atoms with van der Waals surface area (Å²) < 4.78 is 5.71. The molecule has 1 saturated heterocycles. The second kappa shape index (κ2) is 4.83.